The first-order valence-electron chi connectivity index (χ1n) is 7.78. The van der Waals surface area contributed by atoms with Crippen LogP contribution in [0.25, 0.3) is 16.8 Å². The summed E-state index contributed by atoms with van der Waals surface area (Å²) in [6.07, 6.45) is -1.19. The molecule has 8 nitrogen and oxygen atoms in total. The standard InChI is InChI=1S/C18H19N3O5/c1-10-8-11(24-2)9-14(25-3)15(10)12-6-5-7-13-16(19-18(22)23)17(26-4)20-21(12)13/h5-9,19H,1-4H3,(H,22,23). The fraction of sp³-hybridized carbons (Fsp3) is 0.222. The summed E-state index contributed by atoms with van der Waals surface area (Å²) in [6.45, 7) is 1.94. The maximum absolute atomic E-state index is 11.1. The summed E-state index contributed by atoms with van der Waals surface area (Å²) < 4.78 is 17.7. The van der Waals surface area contributed by atoms with Gasteiger partial charge in [-0.1, -0.05) is 6.07 Å². The summed E-state index contributed by atoms with van der Waals surface area (Å²) in [4.78, 5) is 11.1. The monoisotopic (exact) mass is 357 g/mol. The summed E-state index contributed by atoms with van der Waals surface area (Å²) >= 11 is 0. The van der Waals surface area contributed by atoms with E-state index >= 15 is 0 Å². The van der Waals surface area contributed by atoms with Gasteiger partial charge in [-0.2, -0.15) is 0 Å². The van der Waals surface area contributed by atoms with Crippen LogP contribution in [0.15, 0.2) is 30.3 Å². The second kappa shape index (κ2) is 6.83. The number of amides is 1. The number of ether oxygens (including phenoxy) is 3. The topological polar surface area (TPSA) is 94.3 Å². The molecule has 0 fully saturated rings. The van der Waals surface area contributed by atoms with Crippen molar-refractivity contribution in [3.05, 3.63) is 35.9 Å². The van der Waals surface area contributed by atoms with Crippen LogP contribution in [0.1, 0.15) is 5.56 Å². The number of nitrogens with one attached hydrogen (secondary N) is 1. The number of hydrogen-bond donors (Lipinski definition) is 2. The lowest BCUT2D eigenvalue weighted by molar-refractivity contribution is 0.209. The van der Waals surface area contributed by atoms with E-state index in [1.807, 2.05) is 25.1 Å². The van der Waals surface area contributed by atoms with Crippen molar-refractivity contribution in [3.8, 4) is 28.6 Å². The smallest absolute Gasteiger partial charge is 0.409 e. The van der Waals surface area contributed by atoms with E-state index in [1.165, 1.54) is 7.11 Å². The highest BCUT2D eigenvalue weighted by Gasteiger charge is 2.20. The molecular formula is C18H19N3O5. The van der Waals surface area contributed by atoms with Crippen LogP contribution in [0.5, 0.6) is 17.4 Å². The maximum Gasteiger partial charge on any atom is 0.409 e. The lowest BCUT2D eigenvalue weighted by Crippen LogP contribution is -2.07. The molecule has 0 radical (unpaired) electrons. The number of anilines is 1. The fourth-order valence-electron chi connectivity index (χ4n) is 2.94. The van der Waals surface area contributed by atoms with Crippen LogP contribution in [-0.2, 0) is 0 Å². The molecule has 0 bridgehead atoms. The molecule has 2 N–H and O–H groups in total. The van der Waals surface area contributed by atoms with E-state index in [-0.39, 0.29) is 11.6 Å². The Hall–Kier alpha value is -3.42. The van der Waals surface area contributed by atoms with Crippen LogP contribution in [0.3, 0.4) is 0 Å². The number of pyridine rings is 1. The Morgan fingerprint density at radius 3 is 2.54 bits per heavy atom. The normalized spacial score (nSPS) is 10.6. The summed E-state index contributed by atoms with van der Waals surface area (Å²) in [5.74, 6) is 1.49. The van der Waals surface area contributed by atoms with Gasteiger partial charge in [-0.15, -0.1) is 5.10 Å². The minimum Gasteiger partial charge on any atom is -0.497 e. The maximum atomic E-state index is 11.1. The molecular weight excluding hydrogens is 338 g/mol. The van der Waals surface area contributed by atoms with Gasteiger partial charge in [0.25, 0.3) is 5.88 Å². The number of aryl methyl sites for hydroxylation is 1. The van der Waals surface area contributed by atoms with Crippen molar-refractivity contribution in [1.82, 2.24) is 9.61 Å². The van der Waals surface area contributed by atoms with E-state index in [0.29, 0.717) is 17.0 Å². The lowest BCUT2D eigenvalue weighted by Gasteiger charge is -2.15. The SMILES string of the molecule is COc1cc(C)c(-c2cccc3c(NC(=O)O)c(OC)nn23)c(OC)c1. The Bertz CT molecular complexity index is 981. The fourth-order valence-corrected chi connectivity index (χ4v) is 2.94. The number of carboxylic acid groups (broad SMARTS) is 1. The van der Waals surface area contributed by atoms with Crippen LogP contribution >= 0.6 is 0 Å². The molecule has 0 atom stereocenters. The van der Waals surface area contributed by atoms with Crippen molar-refractivity contribution in [2.45, 2.75) is 6.92 Å². The van der Waals surface area contributed by atoms with E-state index < -0.39 is 6.09 Å². The molecule has 136 valence electrons. The van der Waals surface area contributed by atoms with E-state index in [9.17, 15) is 4.79 Å². The summed E-state index contributed by atoms with van der Waals surface area (Å²) in [7, 11) is 4.61. The number of nitrogens with zero attached hydrogens (tertiary/aromatic N) is 2. The van der Waals surface area contributed by atoms with Gasteiger partial charge in [0.15, 0.2) is 0 Å². The van der Waals surface area contributed by atoms with Crippen LogP contribution < -0.4 is 19.5 Å². The van der Waals surface area contributed by atoms with E-state index in [4.69, 9.17) is 19.3 Å². The Morgan fingerprint density at radius 1 is 1.15 bits per heavy atom. The minimum absolute atomic E-state index is 0.185. The van der Waals surface area contributed by atoms with Gasteiger partial charge in [0, 0.05) is 11.6 Å². The first-order valence-corrected chi connectivity index (χ1v) is 7.78. The lowest BCUT2D eigenvalue weighted by atomic mass is 10.0. The van der Waals surface area contributed by atoms with Crippen molar-refractivity contribution in [1.29, 1.82) is 0 Å². The van der Waals surface area contributed by atoms with Gasteiger partial charge in [0.1, 0.15) is 17.2 Å². The van der Waals surface area contributed by atoms with Crippen molar-refractivity contribution in [2.75, 3.05) is 26.6 Å². The van der Waals surface area contributed by atoms with Gasteiger partial charge in [0.05, 0.1) is 32.5 Å². The molecule has 0 saturated heterocycles. The van der Waals surface area contributed by atoms with Crippen molar-refractivity contribution >= 4 is 17.3 Å². The van der Waals surface area contributed by atoms with E-state index in [0.717, 1.165) is 16.8 Å². The largest absolute Gasteiger partial charge is 0.497 e. The molecule has 2 aromatic heterocycles. The van der Waals surface area contributed by atoms with Crippen LogP contribution in [0, 0.1) is 6.92 Å². The molecule has 0 aliphatic heterocycles. The van der Waals surface area contributed by atoms with Crippen LogP contribution in [-0.4, -0.2) is 42.1 Å². The molecule has 3 aromatic rings. The van der Waals surface area contributed by atoms with Gasteiger partial charge in [-0.25, -0.2) is 9.31 Å². The second-order valence-electron chi connectivity index (χ2n) is 5.54. The zero-order chi connectivity index (χ0) is 18.8. The van der Waals surface area contributed by atoms with Crippen LogP contribution in [0.4, 0.5) is 10.5 Å². The predicted octanol–water partition coefficient (Wildman–Crippen LogP) is 3.43. The molecule has 0 aliphatic rings. The number of aromatic nitrogens is 2. The van der Waals surface area contributed by atoms with E-state index in [1.54, 1.807) is 30.9 Å². The van der Waals surface area contributed by atoms with Gasteiger partial charge < -0.3 is 19.3 Å². The third kappa shape index (κ3) is 2.85. The molecule has 3 rings (SSSR count). The third-order valence-electron chi connectivity index (χ3n) is 4.04. The Balaban J connectivity index is 2.30. The Labute approximate surface area is 149 Å². The Morgan fingerprint density at radius 2 is 1.92 bits per heavy atom. The van der Waals surface area contributed by atoms with Gasteiger partial charge in [-0.3, -0.25) is 5.32 Å². The number of fused-ring (bicyclic) bond motifs is 1. The molecule has 0 unspecified atom stereocenters. The number of hydrogen-bond acceptors (Lipinski definition) is 5. The van der Waals surface area contributed by atoms with Crippen molar-refractivity contribution in [3.63, 3.8) is 0 Å². The average Bonchev–Trinajstić information content (AvgIpc) is 2.98. The molecule has 1 aromatic carbocycles. The molecule has 1 amide bonds. The third-order valence-corrected chi connectivity index (χ3v) is 4.04. The first kappa shape index (κ1) is 17.4. The highest BCUT2D eigenvalue weighted by atomic mass is 16.5. The summed E-state index contributed by atoms with van der Waals surface area (Å²) in [5.41, 5.74) is 3.34. The number of rotatable bonds is 5. The number of benzene rings is 1. The minimum atomic E-state index is -1.19. The molecule has 0 aliphatic carbocycles. The second-order valence-corrected chi connectivity index (χ2v) is 5.54. The van der Waals surface area contributed by atoms with Crippen molar-refractivity contribution in [2.24, 2.45) is 0 Å². The van der Waals surface area contributed by atoms with E-state index in [2.05, 4.69) is 10.4 Å². The Kier molecular flexibility index (Phi) is 4.57. The quantitative estimate of drug-likeness (QED) is 0.726. The highest BCUT2D eigenvalue weighted by molar-refractivity contribution is 5.93. The zero-order valence-corrected chi connectivity index (χ0v) is 14.9. The summed E-state index contributed by atoms with van der Waals surface area (Å²) in [5, 5.41) is 15.8. The molecule has 0 saturated carbocycles. The molecule has 26 heavy (non-hydrogen) atoms. The van der Waals surface area contributed by atoms with Gasteiger partial charge >= 0.3 is 6.09 Å². The number of carbonyl (C=O) groups is 1. The molecule has 2 heterocycles. The van der Waals surface area contributed by atoms with Crippen LogP contribution in [0.2, 0.25) is 0 Å². The highest BCUT2D eigenvalue weighted by Crippen LogP contribution is 2.39. The van der Waals surface area contributed by atoms with Gasteiger partial charge in [-0.05, 0) is 30.7 Å². The first-order chi connectivity index (χ1) is 12.5. The number of methoxy groups -OCH3 is 3. The van der Waals surface area contributed by atoms with Gasteiger partial charge in [0.2, 0.25) is 0 Å². The molecule has 8 heteroatoms. The zero-order valence-electron chi connectivity index (χ0n) is 14.9. The predicted molar refractivity (Wildman–Crippen MR) is 96.7 cm³/mol. The summed E-state index contributed by atoms with van der Waals surface area (Å²) in [6, 6.07) is 9.14. The molecule has 0 spiro atoms. The average molecular weight is 357 g/mol. The van der Waals surface area contributed by atoms with Crippen molar-refractivity contribution < 1.29 is 24.1 Å².